The summed E-state index contributed by atoms with van der Waals surface area (Å²) < 4.78 is 47.5. The third kappa shape index (κ3) is 4.10. The lowest BCUT2D eigenvalue weighted by molar-refractivity contribution is -0.137. The molecule has 0 bridgehead atoms. The minimum absolute atomic E-state index is 0.0926. The van der Waals surface area contributed by atoms with Crippen molar-refractivity contribution >= 4 is 17.5 Å². The molecule has 9 heteroatoms. The van der Waals surface area contributed by atoms with E-state index in [1.807, 2.05) is 47.2 Å². The summed E-state index contributed by atoms with van der Waals surface area (Å²) in [5, 5.41) is 0. The predicted octanol–water partition coefficient (Wildman–Crippen LogP) is 5.83. The number of alkyl halides is 3. The lowest BCUT2D eigenvalue weighted by atomic mass is 10.0. The number of benzene rings is 2. The third-order valence-corrected chi connectivity index (χ3v) is 6.79. The predicted molar refractivity (Wildman–Crippen MR) is 129 cm³/mol. The van der Waals surface area contributed by atoms with Crippen LogP contribution in [-0.4, -0.2) is 33.9 Å². The van der Waals surface area contributed by atoms with Gasteiger partial charge in [0.1, 0.15) is 18.3 Å². The minimum Gasteiger partial charge on any atom is -0.467 e. The molecular weight excluding hydrogens is 483 g/mol. The molecule has 2 aromatic heterocycles. The maximum absolute atomic E-state index is 14.0. The number of hydrogen-bond donors (Lipinski definition) is 0. The molecule has 1 atom stereocenters. The van der Waals surface area contributed by atoms with Gasteiger partial charge in [-0.3, -0.25) is 14.5 Å². The van der Waals surface area contributed by atoms with Crippen molar-refractivity contribution < 1.29 is 27.2 Å². The number of carbonyl (C=O) groups excluding carboxylic acids is 2. The van der Waals surface area contributed by atoms with Gasteiger partial charge in [-0.2, -0.15) is 13.2 Å². The van der Waals surface area contributed by atoms with Crippen molar-refractivity contribution in [3.63, 3.8) is 0 Å². The molecule has 6 nitrogen and oxygen atoms in total. The van der Waals surface area contributed by atoms with Crippen molar-refractivity contribution in [3.05, 3.63) is 108 Å². The van der Waals surface area contributed by atoms with Gasteiger partial charge in [0, 0.05) is 17.8 Å². The van der Waals surface area contributed by atoms with E-state index < -0.39 is 23.7 Å². The molecule has 1 aliphatic heterocycles. The Morgan fingerprint density at radius 3 is 2.43 bits per heavy atom. The van der Waals surface area contributed by atoms with E-state index in [4.69, 9.17) is 4.42 Å². The van der Waals surface area contributed by atoms with Gasteiger partial charge in [-0.25, -0.2) is 0 Å². The van der Waals surface area contributed by atoms with Gasteiger partial charge in [0.25, 0.3) is 5.91 Å². The summed E-state index contributed by atoms with van der Waals surface area (Å²) in [6, 6.07) is 18.4. The zero-order valence-corrected chi connectivity index (χ0v) is 19.6. The third-order valence-electron chi connectivity index (χ3n) is 6.79. The highest BCUT2D eigenvalue weighted by atomic mass is 19.4. The number of para-hydroxylation sites is 2. The summed E-state index contributed by atoms with van der Waals surface area (Å²) in [4.78, 5) is 30.4. The van der Waals surface area contributed by atoms with E-state index in [0.29, 0.717) is 24.3 Å². The first-order chi connectivity index (χ1) is 17.8. The van der Waals surface area contributed by atoms with Gasteiger partial charge in [0.15, 0.2) is 0 Å². The summed E-state index contributed by atoms with van der Waals surface area (Å²) in [7, 11) is 0. The number of anilines is 1. The largest absolute Gasteiger partial charge is 0.467 e. The fourth-order valence-electron chi connectivity index (χ4n) is 4.95. The van der Waals surface area contributed by atoms with Gasteiger partial charge in [-0.05, 0) is 67.4 Å². The zero-order chi connectivity index (χ0) is 25.7. The lowest BCUT2D eigenvalue weighted by Crippen LogP contribution is -2.47. The van der Waals surface area contributed by atoms with Crippen LogP contribution in [0.4, 0.5) is 18.9 Å². The van der Waals surface area contributed by atoms with E-state index in [1.54, 1.807) is 23.3 Å². The maximum atomic E-state index is 14.0. The van der Waals surface area contributed by atoms with Crippen LogP contribution < -0.4 is 4.90 Å². The zero-order valence-electron chi connectivity index (χ0n) is 19.6. The Hall–Kier alpha value is -4.27. The summed E-state index contributed by atoms with van der Waals surface area (Å²) in [5.74, 6) is -0.385. The Kier molecular flexibility index (Phi) is 5.43. The molecule has 0 N–H and O–H groups in total. The quantitative estimate of drug-likeness (QED) is 0.343. The van der Waals surface area contributed by atoms with Crippen molar-refractivity contribution in [1.29, 1.82) is 0 Å². The van der Waals surface area contributed by atoms with E-state index in [-0.39, 0.29) is 24.1 Å². The average molecular weight is 505 g/mol. The van der Waals surface area contributed by atoms with Gasteiger partial charge in [-0.1, -0.05) is 18.2 Å². The second-order valence-electron chi connectivity index (χ2n) is 9.22. The molecule has 4 aromatic rings. The fraction of sp³-hybridized carbons (Fsp3) is 0.214. The van der Waals surface area contributed by atoms with Crippen LogP contribution in [0, 0.1) is 0 Å². The molecule has 0 spiro atoms. The molecule has 1 saturated carbocycles. The van der Waals surface area contributed by atoms with E-state index in [1.165, 1.54) is 17.0 Å². The van der Waals surface area contributed by atoms with Crippen LogP contribution in [0.2, 0.25) is 0 Å². The number of carbonyl (C=O) groups is 2. The van der Waals surface area contributed by atoms with Gasteiger partial charge in [0.2, 0.25) is 5.91 Å². The molecule has 0 saturated heterocycles. The molecule has 6 rings (SSSR count). The normalized spacial score (nSPS) is 16.7. The Labute approximate surface area is 210 Å². The number of fused-ring (bicyclic) bond motifs is 3. The Bertz CT molecular complexity index is 1470. The molecule has 188 valence electrons. The number of furan rings is 1. The Morgan fingerprint density at radius 1 is 0.946 bits per heavy atom. The van der Waals surface area contributed by atoms with Gasteiger partial charge in [0.05, 0.1) is 28.9 Å². The van der Waals surface area contributed by atoms with Crippen LogP contribution in [0.5, 0.6) is 0 Å². The standard InChI is InChI=1S/C28H22F3N3O3/c29-28(30,31)19-7-3-6-18(16-19)27(36)33(20-12-13-20)17-25(35)34-22-9-2-1-8-21(22)32-14-4-10-23(32)26(34)24-11-5-15-37-24/h1-11,14-16,20,26H,12-13,17H2. The summed E-state index contributed by atoms with van der Waals surface area (Å²) in [6.07, 6.45) is 0.274. The molecule has 1 unspecified atom stereocenters. The first-order valence-corrected chi connectivity index (χ1v) is 11.9. The van der Waals surface area contributed by atoms with Crippen LogP contribution in [0.3, 0.4) is 0 Å². The smallest absolute Gasteiger partial charge is 0.416 e. The molecule has 37 heavy (non-hydrogen) atoms. The molecule has 2 aromatic carbocycles. The number of hydrogen-bond acceptors (Lipinski definition) is 3. The summed E-state index contributed by atoms with van der Waals surface area (Å²) in [5.41, 5.74) is 1.29. The number of aromatic nitrogens is 1. The van der Waals surface area contributed by atoms with Crippen LogP contribution >= 0.6 is 0 Å². The van der Waals surface area contributed by atoms with Crippen molar-refractivity contribution in [2.45, 2.75) is 31.1 Å². The molecule has 1 aliphatic carbocycles. The highest BCUT2D eigenvalue weighted by molar-refractivity contribution is 6.02. The number of halogens is 3. The van der Waals surface area contributed by atoms with Crippen molar-refractivity contribution in [1.82, 2.24) is 9.47 Å². The maximum Gasteiger partial charge on any atom is 0.416 e. The number of rotatable bonds is 5. The van der Waals surface area contributed by atoms with E-state index in [9.17, 15) is 22.8 Å². The SMILES string of the molecule is O=C(c1cccc(C(F)(F)F)c1)N(CC(=O)N1c2ccccc2-n2cccc2C1c1ccco1)C1CC1. The molecule has 3 heterocycles. The Morgan fingerprint density at radius 2 is 1.73 bits per heavy atom. The second-order valence-corrected chi connectivity index (χ2v) is 9.22. The van der Waals surface area contributed by atoms with E-state index >= 15 is 0 Å². The lowest BCUT2D eigenvalue weighted by Gasteiger charge is -2.38. The van der Waals surface area contributed by atoms with Crippen molar-refractivity contribution in [3.8, 4) is 5.69 Å². The highest BCUT2D eigenvalue weighted by Crippen LogP contribution is 2.43. The first-order valence-electron chi connectivity index (χ1n) is 11.9. The average Bonchev–Trinajstić information content (AvgIpc) is 3.36. The molecule has 2 aliphatic rings. The van der Waals surface area contributed by atoms with E-state index in [2.05, 4.69) is 0 Å². The van der Waals surface area contributed by atoms with Gasteiger partial charge >= 0.3 is 6.18 Å². The number of nitrogens with zero attached hydrogens (tertiary/aromatic N) is 3. The topological polar surface area (TPSA) is 58.7 Å². The van der Waals surface area contributed by atoms with E-state index in [0.717, 1.165) is 23.5 Å². The Balaban J connectivity index is 1.37. The first kappa shape index (κ1) is 23.1. The molecular formula is C28H22F3N3O3. The van der Waals surface area contributed by atoms with Crippen molar-refractivity contribution in [2.24, 2.45) is 0 Å². The van der Waals surface area contributed by atoms with Crippen molar-refractivity contribution in [2.75, 3.05) is 11.4 Å². The van der Waals surface area contributed by atoms with Crippen LogP contribution in [0.1, 0.15) is 46.3 Å². The number of amides is 2. The van der Waals surface area contributed by atoms with Gasteiger partial charge in [-0.15, -0.1) is 0 Å². The summed E-state index contributed by atoms with van der Waals surface area (Å²) in [6.45, 7) is -0.272. The minimum atomic E-state index is -4.57. The molecule has 2 amide bonds. The van der Waals surface area contributed by atoms with Crippen LogP contribution in [0.15, 0.2) is 89.7 Å². The fourth-order valence-corrected chi connectivity index (χ4v) is 4.95. The van der Waals surface area contributed by atoms with Gasteiger partial charge < -0.3 is 13.9 Å². The molecule has 0 radical (unpaired) electrons. The summed E-state index contributed by atoms with van der Waals surface area (Å²) >= 11 is 0. The van der Waals surface area contributed by atoms with Crippen LogP contribution in [-0.2, 0) is 11.0 Å². The van der Waals surface area contributed by atoms with Crippen LogP contribution in [0.25, 0.3) is 5.69 Å². The highest BCUT2D eigenvalue weighted by Gasteiger charge is 2.41. The monoisotopic (exact) mass is 505 g/mol. The second kappa shape index (κ2) is 8.69. The molecule has 1 fully saturated rings.